The fourth-order valence-electron chi connectivity index (χ4n) is 2.97. The van der Waals surface area contributed by atoms with Gasteiger partial charge < -0.3 is 19.3 Å². The van der Waals surface area contributed by atoms with Gasteiger partial charge in [-0.2, -0.15) is 0 Å². The van der Waals surface area contributed by atoms with Crippen molar-refractivity contribution >= 4 is 56.5 Å². The van der Waals surface area contributed by atoms with Gasteiger partial charge in [0, 0.05) is 15.6 Å². The number of fused-ring (bicyclic) bond motifs is 1. The number of thioether (sulfide) groups is 1. The number of imide groups is 1. The maximum absolute atomic E-state index is 12.9. The van der Waals surface area contributed by atoms with Crippen molar-refractivity contribution in [3.63, 3.8) is 0 Å². The quantitative estimate of drug-likeness (QED) is 0.553. The fourth-order valence-corrected chi connectivity index (χ4v) is 4.46. The molecular formula is C20H15BrClNO6S. The molecule has 1 N–H and O–H groups in total. The van der Waals surface area contributed by atoms with Crippen molar-refractivity contribution in [1.29, 1.82) is 0 Å². The van der Waals surface area contributed by atoms with Crippen LogP contribution in [0.2, 0.25) is 5.02 Å². The number of nitrogens with zero attached hydrogens (tertiary/aromatic N) is 1. The Bertz CT molecular complexity index is 1090. The van der Waals surface area contributed by atoms with E-state index in [1.165, 1.54) is 6.07 Å². The third-order valence-corrected chi connectivity index (χ3v) is 6.35. The topological polar surface area (TPSA) is 85.3 Å². The van der Waals surface area contributed by atoms with E-state index in [0.29, 0.717) is 44.5 Å². The minimum Gasteiger partial charge on any atom is -0.504 e. The van der Waals surface area contributed by atoms with Gasteiger partial charge in [-0.25, -0.2) is 0 Å². The van der Waals surface area contributed by atoms with E-state index in [1.54, 1.807) is 31.2 Å². The molecule has 0 radical (unpaired) electrons. The van der Waals surface area contributed by atoms with Gasteiger partial charge in [0.15, 0.2) is 23.0 Å². The van der Waals surface area contributed by atoms with Crippen LogP contribution >= 0.6 is 39.3 Å². The Hall–Kier alpha value is -2.36. The molecule has 4 rings (SSSR count). The predicted octanol–water partition coefficient (Wildman–Crippen LogP) is 5.17. The first-order valence-electron chi connectivity index (χ1n) is 8.86. The normalized spacial score (nSPS) is 16.6. The van der Waals surface area contributed by atoms with Crippen LogP contribution in [0.4, 0.5) is 4.79 Å². The molecule has 10 heteroatoms. The smallest absolute Gasteiger partial charge is 0.293 e. The number of rotatable bonds is 5. The summed E-state index contributed by atoms with van der Waals surface area (Å²) in [4.78, 5) is 26.8. The standard InChI is InChI=1S/C20H15BrClNO6S/c1-2-27-15-3-10(12(21)6-14(15)24)5-18-19(25)23(20(26)30-18)8-11-4-16-17(7-13(11)22)29-9-28-16/h3-7,24H,2,8-9H2,1H3/b18-5-. The van der Waals surface area contributed by atoms with Gasteiger partial charge in [0.25, 0.3) is 11.1 Å². The van der Waals surface area contributed by atoms with E-state index in [0.717, 1.165) is 16.7 Å². The molecule has 0 unspecified atom stereocenters. The van der Waals surface area contributed by atoms with Crippen molar-refractivity contribution in [1.82, 2.24) is 4.90 Å². The number of ether oxygens (including phenoxy) is 3. The molecule has 30 heavy (non-hydrogen) atoms. The number of benzene rings is 2. The molecule has 2 heterocycles. The van der Waals surface area contributed by atoms with Gasteiger partial charge in [0.2, 0.25) is 6.79 Å². The van der Waals surface area contributed by atoms with Gasteiger partial charge >= 0.3 is 0 Å². The number of hydrogen-bond acceptors (Lipinski definition) is 7. The molecule has 0 aromatic heterocycles. The number of phenolic OH excluding ortho intramolecular Hbond substituents is 1. The highest BCUT2D eigenvalue weighted by Gasteiger charge is 2.36. The molecule has 0 bridgehead atoms. The lowest BCUT2D eigenvalue weighted by molar-refractivity contribution is -0.123. The van der Waals surface area contributed by atoms with Crippen LogP contribution in [0, 0.1) is 0 Å². The first kappa shape index (κ1) is 20.9. The van der Waals surface area contributed by atoms with Crippen molar-refractivity contribution in [2.75, 3.05) is 13.4 Å². The highest BCUT2D eigenvalue weighted by molar-refractivity contribution is 9.10. The van der Waals surface area contributed by atoms with Crippen LogP contribution in [0.3, 0.4) is 0 Å². The molecule has 1 fully saturated rings. The highest BCUT2D eigenvalue weighted by Crippen LogP contribution is 2.40. The maximum atomic E-state index is 12.9. The van der Waals surface area contributed by atoms with E-state index in [4.69, 9.17) is 25.8 Å². The molecule has 2 aromatic rings. The van der Waals surface area contributed by atoms with E-state index in [9.17, 15) is 14.7 Å². The van der Waals surface area contributed by atoms with Crippen LogP contribution in [-0.4, -0.2) is 34.6 Å². The Balaban J connectivity index is 1.60. The van der Waals surface area contributed by atoms with E-state index < -0.39 is 11.1 Å². The minimum atomic E-state index is -0.434. The molecule has 0 atom stereocenters. The summed E-state index contributed by atoms with van der Waals surface area (Å²) in [6, 6.07) is 6.36. The molecule has 1 saturated heterocycles. The summed E-state index contributed by atoms with van der Waals surface area (Å²) >= 11 is 10.5. The minimum absolute atomic E-state index is 0.0123. The number of phenols is 1. The third-order valence-electron chi connectivity index (χ3n) is 4.41. The van der Waals surface area contributed by atoms with Crippen molar-refractivity contribution in [3.05, 3.63) is 49.8 Å². The average Bonchev–Trinajstić information content (AvgIpc) is 3.25. The van der Waals surface area contributed by atoms with Gasteiger partial charge in [-0.3, -0.25) is 14.5 Å². The Morgan fingerprint density at radius 2 is 2.00 bits per heavy atom. The first-order valence-corrected chi connectivity index (χ1v) is 10.8. The van der Waals surface area contributed by atoms with Crippen molar-refractivity contribution in [3.8, 4) is 23.0 Å². The predicted molar refractivity (Wildman–Crippen MR) is 116 cm³/mol. The van der Waals surface area contributed by atoms with Crippen LogP contribution < -0.4 is 14.2 Å². The van der Waals surface area contributed by atoms with Crippen LogP contribution in [0.5, 0.6) is 23.0 Å². The van der Waals surface area contributed by atoms with Gasteiger partial charge in [0.05, 0.1) is 18.1 Å². The van der Waals surface area contributed by atoms with Crippen molar-refractivity contribution < 1.29 is 28.9 Å². The summed E-state index contributed by atoms with van der Waals surface area (Å²) in [6.07, 6.45) is 1.58. The summed E-state index contributed by atoms with van der Waals surface area (Å²) in [6.45, 7) is 2.29. The summed E-state index contributed by atoms with van der Waals surface area (Å²) in [7, 11) is 0. The third kappa shape index (κ3) is 3.97. The number of amides is 2. The van der Waals surface area contributed by atoms with E-state index >= 15 is 0 Å². The average molecular weight is 513 g/mol. The van der Waals surface area contributed by atoms with E-state index in [2.05, 4.69) is 15.9 Å². The monoisotopic (exact) mass is 511 g/mol. The largest absolute Gasteiger partial charge is 0.504 e. The Kier molecular flexibility index (Phi) is 5.86. The molecule has 0 aliphatic carbocycles. The van der Waals surface area contributed by atoms with Crippen LogP contribution in [0.25, 0.3) is 6.08 Å². The SMILES string of the molecule is CCOc1cc(/C=C2\SC(=O)N(Cc3cc4c(cc3Cl)OCO4)C2=O)c(Br)cc1O. The summed E-state index contributed by atoms with van der Waals surface area (Å²) < 4.78 is 16.6. The molecule has 2 aromatic carbocycles. The number of carbonyl (C=O) groups excluding carboxylic acids is 2. The number of hydrogen-bond donors (Lipinski definition) is 1. The molecule has 7 nitrogen and oxygen atoms in total. The molecular weight excluding hydrogens is 498 g/mol. The Morgan fingerprint density at radius 1 is 1.27 bits per heavy atom. The van der Waals surface area contributed by atoms with E-state index in [1.807, 2.05) is 0 Å². The van der Waals surface area contributed by atoms with Crippen LogP contribution in [0.15, 0.2) is 33.6 Å². The Morgan fingerprint density at radius 3 is 2.73 bits per heavy atom. The molecule has 0 spiro atoms. The summed E-state index contributed by atoms with van der Waals surface area (Å²) in [5.74, 6) is 0.884. The van der Waals surface area contributed by atoms with Crippen LogP contribution in [0.1, 0.15) is 18.1 Å². The fraction of sp³-hybridized carbons (Fsp3) is 0.200. The summed E-state index contributed by atoms with van der Waals surface area (Å²) in [5.41, 5.74) is 1.18. The van der Waals surface area contributed by atoms with Crippen molar-refractivity contribution in [2.24, 2.45) is 0 Å². The second-order valence-corrected chi connectivity index (χ2v) is 8.59. The van der Waals surface area contributed by atoms with E-state index in [-0.39, 0.29) is 24.0 Å². The summed E-state index contributed by atoms with van der Waals surface area (Å²) in [5, 5.41) is 9.94. The van der Waals surface area contributed by atoms with Gasteiger partial charge in [-0.05, 0) is 54.1 Å². The van der Waals surface area contributed by atoms with Gasteiger partial charge in [-0.15, -0.1) is 0 Å². The lowest BCUT2D eigenvalue weighted by atomic mass is 10.1. The van der Waals surface area contributed by atoms with Crippen LogP contribution in [-0.2, 0) is 11.3 Å². The van der Waals surface area contributed by atoms with Crippen molar-refractivity contribution in [2.45, 2.75) is 13.5 Å². The maximum Gasteiger partial charge on any atom is 0.293 e. The van der Waals surface area contributed by atoms with Gasteiger partial charge in [-0.1, -0.05) is 27.5 Å². The molecule has 2 aliphatic rings. The molecule has 2 aliphatic heterocycles. The number of aromatic hydroxyl groups is 1. The number of halogens is 2. The molecule has 0 saturated carbocycles. The second-order valence-electron chi connectivity index (χ2n) is 6.34. The lowest BCUT2D eigenvalue weighted by Gasteiger charge is -2.14. The highest BCUT2D eigenvalue weighted by atomic mass is 79.9. The zero-order chi connectivity index (χ0) is 21.4. The zero-order valence-electron chi connectivity index (χ0n) is 15.6. The molecule has 156 valence electrons. The first-order chi connectivity index (χ1) is 14.4. The van der Waals surface area contributed by atoms with Gasteiger partial charge in [0.1, 0.15) is 0 Å². The number of carbonyl (C=O) groups is 2. The Labute approximate surface area is 189 Å². The lowest BCUT2D eigenvalue weighted by Crippen LogP contribution is -2.27. The second kappa shape index (κ2) is 8.41. The zero-order valence-corrected chi connectivity index (χ0v) is 18.8. The molecule has 2 amide bonds.